The second kappa shape index (κ2) is 6.21. The largest absolute Gasteiger partial charge is 0.496 e. The molecule has 96 valence electrons. The molecular formula is C14H19N3O. The van der Waals surface area contributed by atoms with Gasteiger partial charge in [0.15, 0.2) is 0 Å². The minimum Gasteiger partial charge on any atom is -0.496 e. The molecule has 18 heavy (non-hydrogen) atoms. The number of aryl methyl sites for hydroxylation is 2. The van der Waals surface area contributed by atoms with E-state index in [1.807, 2.05) is 37.8 Å². The van der Waals surface area contributed by atoms with E-state index in [2.05, 4.69) is 20.9 Å². The van der Waals surface area contributed by atoms with E-state index in [1.165, 1.54) is 11.3 Å². The lowest BCUT2D eigenvalue weighted by molar-refractivity contribution is 0.408. The number of methoxy groups -OCH3 is 1. The molecule has 0 spiro atoms. The Labute approximate surface area is 108 Å². The maximum absolute atomic E-state index is 5.36. The van der Waals surface area contributed by atoms with Gasteiger partial charge in [-0.05, 0) is 25.1 Å². The summed E-state index contributed by atoms with van der Waals surface area (Å²) in [5.74, 6) is 0.952. The maximum Gasteiger partial charge on any atom is 0.122 e. The van der Waals surface area contributed by atoms with Crippen LogP contribution < -0.4 is 10.1 Å². The average Bonchev–Trinajstić information content (AvgIpc) is 2.84. The Balaban J connectivity index is 2.04. The van der Waals surface area contributed by atoms with Gasteiger partial charge in [0.1, 0.15) is 5.75 Å². The Morgan fingerprint density at radius 1 is 1.33 bits per heavy atom. The van der Waals surface area contributed by atoms with Gasteiger partial charge in [-0.2, -0.15) is 0 Å². The van der Waals surface area contributed by atoms with Crippen molar-refractivity contribution < 1.29 is 4.74 Å². The van der Waals surface area contributed by atoms with Crippen LogP contribution in [0.5, 0.6) is 5.75 Å². The van der Waals surface area contributed by atoms with E-state index in [0.29, 0.717) is 0 Å². The van der Waals surface area contributed by atoms with Crippen LogP contribution in [0.25, 0.3) is 0 Å². The van der Waals surface area contributed by atoms with Crippen molar-refractivity contribution in [2.24, 2.45) is 0 Å². The van der Waals surface area contributed by atoms with Gasteiger partial charge in [-0.3, -0.25) is 0 Å². The topological polar surface area (TPSA) is 39.1 Å². The van der Waals surface area contributed by atoms with Crippen LogP contribution in [0.15, 0.2) is 36.8 Å². The molecule has 1 N–H and O–H groups in total. The van der Waals surface area contributed by atoms with Gasteiger partial charge in [-0.25, -0.2) is 4.98 Å². The molecule has 0 amide bonds. The summed E-state index contributed by atoms with van der Waals surface area (Å²) in [6.45, 7) is 1.75. The molecule has 0 bridgehead atoms. The van der Waals surface area contributed by atoms with Gasteiger partial charge in [0.25, 0.3) is 0 Å². The lowest BCUT2D eigenvalue weighted by Gasteiger charge is -2.10. The van der Waals surface area contributed by atoms with Crippen molar-refractivity contribution in [1.82, 2.24) is 14.9 Å². The fourth-order valence-electron chi connectivity index (χ4n) is 2.03. The zero-order valence-electron chi connectivity index (χ0n) is 10.9. The van der Waals surface area contributed by atoms with E-state index in [9.17, 15) is 0 Å². The second-order valence-corrected chi connectivity index (χ2v) is 4.17. The van der Waals surface area contributed by atoms with Crippen LogP contribution in [0.2, 0.25) is 0 Å². The summed E-state index contributed by atoms with van der Waals surface area (Å²) < 4.78 is 7.53. The smallest absolute Gasteiger partial charge is 0.122 e. The fraction of sp³-hybridized carbons (Fsp3) is 0.357. The molecule has 4 nitrogen and oxygen atoms in total. The molecule has 2 aromatic rings. The zero-order chi connectivity index (χ0) is 12.8. The van der Waals surface area contributed by atoms with Crippen LogP contribution in [0.1, 0.15) is 11.3 Å². The Kier molecular flexibility index (Phi) is 4.36. The predicted molar refractivity (Wildman–Crippen MR) is 71.7 cm³/mol. The number of rotatable bonds is 6. The van der Waals surface area contributed by atoms with Gasteiger partial charge >= 0.3 is 0 Å². The summed E-state index contributed by atoms with van der Waals surface area (Å²) in [6.07, 6.45) is 4.72. The molecule has 0 saturated carbocycles. The third-order valence-corrected chi connectivity index (χ3v) is 2.97. The van der Waals surface area contributed by atoms with Crippen molar-refractivity contribution in [3.8, 4) is 5.75 Å². The Morgan fingerprint density at radius 2 is 2.17 bits per heavy atom. The first kappa shape index (κ1) is 12.6. The van der Waals surface area contributed by atoms with Crippen molar-refractivity contribution in [3.05, 3.63) is 48.0 Å². The van der Waals surface area contributed by atoms with Gasteiger partial charge in [-0.15, -0.1) is 0 Å². The lowest BCUT2D eigenvalue weighted by atomic mass is 10.1. The molecule has 0 unspecified atom stereocenters. The number of nitrogens with one attached hydrogen (secondary N) is 1. The number of hydrogen-bond acceptors (Lipinski definition) is 3. The van der Waals surface area contributed by atoms with Crippen molar-refractivity contribution in [2.45, 2.75) is 19.5 Å². The number of aromatic nitrogens is 2. The summed E-state index contributed by atoms with van der Waals surface area (Å²) in [5.41, 5.74) is 2.43. The van der Waals surface area contributed by atoms with Gasteiger partial charge in [0.05, 0.1) is 19.1 Å². The van der Waals surface area contributed by atoms with Crippen LogP contribution in [0, 0.1) is 0 Å². The van der Waals surface area contributed by atoms with E-state index in [-0.39, 0.29) is 0 Å². The number of ether oxygens (including phenoxy) is 1. The first-order chi connectivity index (χ1) is 8.85. The van der Waals surface area contributed by atoms with Gasteiger partial charge in [-0.1, -0.05) is 18.2 Å². The zero-order valence-corrected chi connectivity index (χ0v) is 10.9. The molecule has 1 heterocycles. The normalized spacial score (nSPS) is 10.6. The number of benzene rings is 1. The monoisotopic (exact) mass is 245 g/mol. The minimum atomic E-state index is 0.839. The number of imidazole rings is 1. The molecule has 0 aliphatic heterocycles. The van der Waals surface area contributed by atoms with Crippen molar-refractivity contribution in [1.29, 1.82) is 0 Å². The third-order valence-electron chi connectivity index (χ3n) is 2.97. The molecule has 0 fully saturated rings. The summed E-state index contributed by atoms with van der Waals surface area (Å²) in [4.78, 5) is 4.19. The first-order valence-electron chi connectivity index (χ1n) is 6.10. The number of hydrogen-bond donors (Lipinski definition) is 1. The maximum atomic E-state index is 5.36. The first-order valence-corrected chi connectivity index (χ1v) is 6.10. The van der Waals surface area contributed by atoms with Crippen molar-refractivity contribution in [3.63, 3.8) is 0 Å². The molecule has 1 aromatic heterocycles. The van der Waals surface area contributed by atoms with Crippen molar-refractivity contribution >= 4 is 0 Å². The molecule has 4 heteroatoms. The van der Waals surface area contributed by atoms with Gasteiger partial charge in [0.2, 0.25) is 0 Å². The molecule has 0 radical (unpaired) electrons. The highest BCUT2D eigenvalue weighted by Gasteiger charge is 2.04. The fourth-order valence-corrected chi connectivity index (χ4v) is 2.03. The highest BCUT2D eigenvalue weighted by molar-refractivity contribution is 5.33. The predicted octanol–water partition coefficient (Wildman–Crippen LogP) is 1.85. The molecule has 0 atom stereocenters. The third kappa shape index (κ3) is 2.90. The molecule has 0 saturated heterocycles. The molecular weight excluding hydrogens is 226 g/mol. The standard InChI is InChI=1S/C14H19N3O/c1-15-9-13-10-16-11-17(13)8-7-12-5-3-4-6-14(12)18-2/h3-6,10-11,15H,7-9H2,1-2H3. The number of para-hydroxylation sites is 1. The van der Waals surface area contributed by atoms with Crippen LogP contribution in [0.4, 0.5) is 0 Å². The summed E-state index contributed by atoms with van der Waals surface area (Å²) >= 11 is 0. The van der Waals surface area contributed by atoms with E-state index in [0.717, 1.165) is 25.3 Å². The van der Waals surface area contributed by atoms with Crippen LogP contribution >= 0.6 is 0 Å². The van der Waals surface area contributed by atoms with E-state index >= 15 is 0 Å². The lowest BCUT2D eigenvalue weighted by Crippen LogP contribution is -2.12. The average molecular weight is 245 g/mol. The SMILES string of the molecule is CNCc1cncn1CCc1ccccc1OC. The van der Waals surface area contributed by atoms with Gasteiger partial charge in [0, 0.05) is 19.3 Å². The highest BCUT2D eigenvalue weighted by Crippen LogP contribution is 2.18. The van der Waals surface area contributed by atoms with Crippen LogP contribution in [-0.2, 0) is 19.5 Å². The van der Waals surface area contributed by atoms with E-state index in [4.69, 9.17) is 4.74 Å². The van der Waals surface area contributed by atoms with Crippen molar-refractivity contribution in [2.75, 3.05) is 14.2 Å². The summed E-state index contributed by atoms with van der Waals surface area (Å²) in [6, 6.07) is 8.14. The van der Waals surface area contributed by atoms with E-state index in [1.54, 1.807) is 7.11 Å². The highest BCUT2D eigenvalue weighted by atomic mass is 16.5. The molecule has 2 rings (SSSR count). The molecule has 0 aliphatic carbocycles. The molecule has 1 aromatic carbocycles. The quantitative estimate of drug-likeness (QED) is 0.844. The van der Waals surface area contributed by atoms with Gasteiger partial charge < -0.3 is 14.6 Å². The Bertz CT molecular complexity index is 493. The Morgan fingerprint density at radius 3 is 2.94 bits per heavy atom. The number of nitrogens with zero attached hydrogens (tertiary/aromatic N) is 2. The van der Waals surface area contributed by atoms with Crippen LogP contribution in [0.3, 0.4) is 0 Å². The minimum absolute atomic E-state index is 0.839. The summed E-state index contributed by atoms with van der Waals surface area (Å²) in [5, 5.41) is 3.15. The molecule has 0 aliphatic rings. The Hall–Kier alpha value is -1.81. The second-order valence-electron chi connectivity index (χ2n) is 4.17. The van der Waals surface area contributed by atoms with Crippen LogP contribution in [-0.4, -0.2) is 23.7 Å². The summed E-state index contributed by atoms with van der Waals surface area (Å²) in [7, 11) is 3.65. The van der Waals surface area contributed by atoms with E-state index < -0.39 is 0 Å².